The first-order valence-electron chi connectivity index (χ1n) is 8.39. The zero-order chi connectivity index (χ0) is 16.7. The van der Waals surface area contributed by atoms with E-state index in [1.54, 1.807) is 0 Å². The van der Waals surface area contributed by atoms with E-state index in [0.29, 0.717) is 5.92 Å². The quantitative estimate of drug-likeness (QED) is 0.723. The molecule has 0 N–H and O–H groups in total. The topological polar surface area (TPSA) is 33.4 Å². The molecule has 0 unspecified atom stereocenters. The first kappa shape index (κ1) is 15.6. The highest BCUT2D eigenvalue weighted by atomic mass is 35.5. The van der Waals surface area contributed by atoms with Gasteiger partial charge in [0.2, 0.25) is 0 Å². The highest BCUT2D eigenvalue weighted by molar-refractivity contribution is 6.30. The lowest BCUT2D eigenvalue weighted by molar-refractivity contribution is 0.328. The summed E-state index contributed by atoms with van der Waals surface area (Å²) in [6.45, 7) is 7.16. The Kier molecular flexibility index (Phi) is 4.02. The molecular weight excluding hydrogens is 320 g/mol. The highest BCUT2D eigenvalue weighted by Crippen LogP contribution is 2.30. The van der Waals surface area contributed by atoms with Crippen LogP contribution in [0, 0.1) is 13.8 Å². The molecule has 3 heterocycles. The summed E-state index contributed by atoms with van der Waals surface area (Å²) in [6.07, 6.45) is 3.13. The molecule has 1 aromatic carbocycles. The Hall–Kier alpha value is -1.91. The van der Waals surface area contributed by atoms with Crippen molar-refractivity contribution >= 4 is 17.2 Å². The molecule has 0 saturated carbocycles. The van der Waals surface area contributed by atoms with Crippen molar-refractivity contribution in [3.8, 4) is 0 Å². The van der Waals surface area contributed by atoms with Gasteiger partial charge in [0.15, 0.2) is 5.65 Å². The standard InChI is InChI=1S/C19H21ClN4/c1-13-8-14(2)24-19(22-13)17(10-21-24)12-23-7-6-16(11-23)15-4-3-5-18(20)9-15/h3-5,8-10,16H,6-7,11-12H2,1-2H3/t16-/m1/s1. The maximum Gasteiger partial charge on any atom is 0.159 e. The van der Waals surface area contributed by atoms with Gasteiger partial charge in [0.1, 0.15) is 0 Å². The molecule has 4 rings (SSSR count). The van der Waals surface area contributed by atoms with E-state index in [4.69, 9.17) is 11.6 Å². The lowest BCUT2D eigenvalue weighted by Crippen LogP contribution is -2.19. The molecule has 1 fully saturated rings. The van der Waals surface area contributed by atoms with E-state index < -0.39 is 0 Å². The SMILES string of the molecule is Cc1cc(C)n2ncc(CN3CC[C@@H](c4cccc(Cl)c4)C3)c2n1. The van der Waals surface area contributed by atoms with Crippen molar-refractivity contribution < 1.29 is 0 Å². The van der Waals surface area contributed by atoms with Crippen LogP contribution < -0.4 is 0 Å². The van der Waals surface area contributed by atoms with E-state index in [2.05, 4.69) is 40.1 Å². The minimum atomic E-state index is 0.557. The third kappa shape index (κ3) is 2.92. The highest BCUT2D eigenvalue weighted by Gasteiger charge is 2.25. The van der Waals surface area contributed by atoms with Crippen LogP contribution in [-0.4, -0.2) is 32.6 Å². The van der Waals surface area contributed by atoms with Crippen LogP contribution in [0.25, 0.3) is 5.65 Å². The molecule has 0 aliphatic carbocycles. The second kappa shape index (κ2) is 6.19. The van der Waals surface area contributed by atoms with E-state index in [1.807, 2.05) is 29.8 Å². The molecule has 0 radical (unpaired) electrons. The first-order valence-corrected chi connectivity index (χ1v) is 8.76. The Bertz CT molecular complexity index is 886. The fraction of sp³-hybridized carbons (Fsp3) is 0.368. The van der Waals surface area contributed by atoms with Crippen LogP contribution >= 0.6 is 11.6 Å². The molecule has 5 heteroatoms. The molecule has 1 aliphatic heterocycles. The smallest absolute Gasteiger partial charge is 0.159 e. The van der Waals surface area contributed by atoms with Gasteiger partial charge in [-0.2, -0.15) is 5.10 Å². The predicted molar refractivity (Wildman–Crippen MR) is 96.5 cm³/mol. The summed E-state index contributed by atoms with van der Waals surface area (Å²) < 4.78 is 1.94. The molecule has 1 atom stereocenters. The summed E-state index contributed by atoms with van der Waals surface area (Å²) in [6, 6.07) is 10.3. The molecule has 124 valence electrons. The lowest BCUT2D eigenvalue weighted by Gasteiger charge is -2.15. The number of aryl methyl sites for hydroxylation is 2. The number of benzene rings is 1. The number of nitrogens with zero attached hydrogens (tertiary/aromatic N) is 4. The molecule has 0 bridgehead atoms. The van der Waals surface area contributed by atoms with Crippen LogP contribution in [0.15, 0.2) is 36.5 Å². The largest absolute Gasteiger partial charge is 0.298 e. The second-order valence-corrected chi connectivity index (χ2v) is 7.16. The molecule has 24 heavy (non-hydrogen) atoms. The first-order chi connectivity index (χ1) is 11.6. The Morgan fingerprint density at radius 1 is 1.25 bits per heavy atom. The van der Waals surface area contributed by atoms with Crippen LogP contribution in [-0.2, 0) is 6.54 Å². The van der Waals surface area contributed by atoms with E-state index in [9.17, 15) is 0 Å². The van der Waals surface area contributed by atoms with Crippen molar-refractivity contribution in [1.82, 2.24) is 19.5 Å². The number of hydrogen-bond acceptors (Lipinski definition) is 3. The maximum absolute atomic E-state index is 6.14. The third-order valence-corrected chi connectivity index (χ3v) is 5.07. The normalized spacial score (nSPS) is 18.5. The molecule has 4 nitrogen and oxygen atoms in total. The lowest BCUT2D eigenvalue weighted by atomic mass is 9.99. The van der Waals surface area contributed by atoms with Crippen molar-refractivity contribution in [3.63, 3.8) is 0 Å². The molecule has 1 aliphatic rings. The van der Waals surface area contributed by atoms with Gasteiger partial charge in [0.25, 0.3) is 0 Å². The van der Waals surface area contributed by atoms with Crippen molar-refractivity contribution in [2.24, 2.45) is 0 Å². The third-order valence-electron chi connectivity index (χ3n) is 4.84. The fourth-order valence-corrected chi connectivity index (χ4v) is 3.88. The molecular formula is C19H21ClN4. The van der Waals surface area contributed by atoms with Crippen LogP contribution in [0.1, 0.15) is 34.9 Å². The van der Waals surface area contributed by atoms with Crippen molar-refractivity contribution in [2.75, 3.05) is 13.1 Å². The second-order valence-electron chi connectivity index (χ2n) is 6.72. The summed E-state index contributed by atoms with van der Waals surface area (Å²) >= 11 is 6.14. The minimum absolute atomic E-state index is 0.557. The van der Waals surface area contributed by atoms with Crippen molar-refractivity contribution in [3.05, 3.63) is 64.1 Å². The average molecular weight is 341 g/mol. The summed E-state index contributed by atoms with van der Waals surface area (Å²) in [5.41, 5.74) is 5.70. The van der Waals surface area contributed by atoms with E-state index >= 15 is 0 Å². The monoisotopic (exact) mass is 340 g/mol. The summed E-state index contributed by atoms with van der Waals surface area (Å²) in [4.78, 5) is 7.17. The predicted octanol–water partition coefficient (Wildman–Crippen LogP) is 3.99. The number of halogens is 1. The molecule has 2 aromatic heterocycles. The maximum atomic E-state index is 6.14. The van der Waals surface area contributed by atoms with Gasteiger partial charge in [-0.05, 0) is 56.5 Å². The van der Waals surface area contributed by atoms with Gasteiger partial charge >= 0.3 is 0 Å². The Balaban J connectivity index is 1.53. The number of rotatable bonds is 3. The Labute approximate surface area is 147 Å². The molecule has 0 amide bonds. The fourth-order valence-electron chi connectivity index (χ4n) is 3.68. The molecule has 1 saturated heterocycles. The van der Waals surface area contributed by atoms with Crippen molar-refractivity contribution in [1.29, 1.82) is 0 Å². The average Bonchev–Trinajstić information content (AvgIpc) is 3.16. The van der Waals surface area contributed by atoms with Crippen LogP contribution in [0.3, 0.4) is 0 Å². The summed E-state index contributed by atoms with van der Waals surface area (Å²) in [5.74, 6) is 0.557. The summed E-state index contributed by atoms with van der Waals surface area (Å²) in [7, 11) is 0. The van der Waals surface area contributed by atoms with Crippen LogP contribution in [0.5, 0.6) is 0 Å². The number of aromatic nitrogens is 3. The summed E-state index contributed by atoms with van der Waals surface area (Å²) in [5, 5.41) is 5.32. The number of hydrogen-bond donors (Lipinski definition) is 0. The van der Waals surface area contributed by atoms with Gasteiger partial charge in [-0.3, -0.25) is 4.90 Å². The van der Waals surface area contributed by atoms with Gasteiger partial charge < -0.3 is 0 Å². The van der Waals surface area contributed by atoms with E-state index in [-0.39, 0.29) is 0 Å². The Morgan fingerprint density at radius 3 is 2.96 bits per heavy atom. The van der Waals surface area contributed by atoms with Crippen molar-refractivity contribution in [2.45, 2.75) is 32.7 Å². The van der Waals surface area contributed by atoms with Gasteiger partial charge in [0, 0.05) is 35.1 Å². The Morgan fingerprint density at radius 2 is 2.12 bits per heavy atom. The van der Waals surface area contributed by atoms with Gasteiger partial charge in [-0.25, -0.2) is 9.50 Å². The van der Waals surface area contributed by atoms with E-state index in [1.165, 1.54) is 17.5 Å². The van der Waals surface area contributed by atoms with Gasteiger partial charge in [-0.15, -0.1) is 0 Å². The number of fused-ring (bicyclic) bond motifs is 1. The molecule has 3 aromatic rings. The zero-order valence-corrected chi connectivity index (χ0v) is 14.8. The molecule has 0 spiro atoms. The number of likely N-dealkylation sites (tertiary alicyclic amines) is 1. The zero-order valence-electron chi connectivity index (χ0n) is 14.0. The van der Waals surface area contributed by atoms with Crippen LogP contribution in [0.2, 0.25) is 5.02 Å². The van der Waals surface area contributed by atoms with E-state index in [0.717, 1.165) is 41.7 Å². The minimum Gasteiger partial charge on any atom is -0.298 e. The van der Waals surface area contributed by atoms with Gasteiger partial charge in [0.05, 0.1) is 6.20 Å². The van der Waals surface area contributed by atoms with Gasteiger partial charge in [-0.1, -0.05) is 23.7 Å². The van der Waals surface area contributed by atoms with Crippen LogP contribution in [0.4, 0.5) is 0 Å².